The number of hydrogen-bond acceptors (Lipinski definition) is 6. The van der Waals surface area contributed by atoms with Crippen LogP contribution >= 0.6 is 0 Å². The lowest BCUT2D eigenvalue weighted by atomic mass is 10.0. The van der Waals surface area contributed by atoms with Crippen LogP contribution in [0.1, 0.15) is 29.5 Å². The molecule has 4 aromatic rings. The number of carbonyl (C=O) groups is 1. The molecular formula is C28H26N2O4. The zero-order valence-corrected chi connectivity index (χ0v) is 19.2. The number of oxazole rings is 1. The summed E-state index contributed by atoms with van der Waals surface area (Å²) in [6, 6.07) is 21.0. The largest absolute Gasteiger partial charge is 0.493 e. The lowest BCUT2D eigenvalue weighted by Gasteiger charge is -2.08. The summed E-state index contributed by atoms with van der Waals surface area (Å²) in [6.45, 7) is 4.49. The zero-order chi connectivity index (χ0) is 23.8. The van der Waals surface area contributed by atoms with Crippen molar-refractivity contribution in [2.75, 3.05) is 13.2 Å². The van der Waals surface area contributed by atoms with Crippen LogP contribution in [-0.4, -0.2) is 29.2 Å². The van der Waals surface area contributed by atoms with Gasteiger partial charge in [-0.25, -0.2) is 9.78 Å². The summed E-state index contributed by atoms with van der Waals surface area (Å²) in [4.78, 5) is 21.1. The van der Waals surface area contributed by atoms with Crippen molar-refractivity contribution in [1.82, 2.24) is 9.97 Å². The van der Waals surface area contributed by atoms with E-state index in [0.29, 0.717) is 31.1 Å². The van der Waals surface area contributed by atoms with E-state index in [1.54, 1.807) is 37.5 Å². The van der Waals surface area contributed by atoms with E-state index in [4.69, 9.17) is 13.9 Å². The van der Waals surface area contributed by atoms with Gasteiger partial charge in [0.15, 0.2) is 0 Å². The number of nitrogens with zero attached hydrogens (tertiary/aromatic N) is 2. The van der Waals surface area contributed by atoms with Gasteiger partial charge in [-0.05, 0) is 67.4 Å². The van der Waals surface area contributed by atoms with Crippen LogP contribution in [0.2, 0.25) is 0 Å². The molecule has 6 nitrogen and oxygen atoms in total. The number of pyridine rings is 1. The molecule has 0 N–H and O–H groups in total. The summed E-state index contributed by atoms with van der Waals surface area (Å²) in [6.07, 6.45) is 5.75. The average Bonchev–Trinajstić information content (AvgIpc) is 3.25. The number of aromatic nitrogens is 2. The molecule has 0 saturated carbocycles. The first kappa shape index (κ1) is 23.0. The molecule has 34 heavy (non-hydrogen) atoms. The van der Waals surface area contributed by atoms with Crippen LogP contribution < -0.4 is 4.74 Å². The van der Waals surface area contributed by atoms with Gasteiger partial charge < -0.3 is 13.9 Å². The number of rotatable bonds is 9. The molecule has 0 radical (unpaired) electrons. The Bertz CT molecular complexity index is 1250. The van der Waals surface area contributed by atoms with Crippen LogP contribution in [0.3, 0.4) is 0 Å². The molecule has 0 aliphatic carbocycles. The van der Waals surface area contributed by atoms with E-state index in [2.05, 4.69) is 9.97 Å². The van der Waals surface area contributed by atoms with Gasteiger partial charge in [0.1, 0.15) is 11.5 Å². The van der Waals surface area contributed by atoms with E-state index in [-0.39, 0.29) is 5.97 Å². The monoisotopic (exact) mass is 454 g/mol. The Balaban J connectivity index is 1.40. The third kappa shape index (κ3) is 5.78. The van der Waals surface area contributed by atoms with Gasteiger partial charge >= 0.3 is 5.97 Å². The van der Waals surface area contributed by atoms with Crippen molar-refractivity contribution in [2.24, 2.45) is 0 Å². The SMILES string of the molecule is CCOC(=O)C(=Cc1ccc(OCCc2nc(-c3ccccc3)oc2C)cc1)c1ccncc1. The zero-order valence-electron chi connectivity index (χ0n) is 19.2. The minimum Gasteiger partial charge on any atom is -0.493 e. The third-order valence-electron chi connectivity index (χ3n) is 5.20. The normalized spacial score (nSPS) is 11.3. The summed E-state index contributed by atoms with van der Waals surface area (Å²) in [5.74, 6) is 1.79. The Morgan fingerprint density at radius 2 is 1.74 bits per heavy atom. The fraction of sp³-hybridized carbons (Fsp3) is 0.179. The number of carbonyl (C=O) groups excluding carboxylic acids is 1. The molecule has 172 valence electrons. The molecule has 6 heteroatoms. The second-order valence-electron chi connectivity index (χ2n) is 7.57. The van der Waals surface area contributed by atoms with Gasteiger partial charge in [-0.3, -0.25) is 4.98 Å². The Hall–Kier alpha value is -4.19. The average molecular weight is 455 g/mol. The molecule has 0 atom stereocenters. The second-order valence-corrected chi connectivity index (χ2v) is 7.57. The van der Waals surface area contributed by atoms with Crippen molar-refractivity contribution >= 4 is 17.6 Å². The molecule has 0 saturated heterocycles. The van der Waals surface area contributed by atoms with Gasteiger partial charge in [-0.1, -0.05) is 30.3 Å². The minimum atomic E-state index is -0.369. The number of esters is 1. The van der Waals surface area contributed by atoms with Gasteiger partial charge in [0, 0.05) is 24.4 Å². The summed E-state index contributed by atoms with van der Waals surface area (Å²) in [5, 5.41) is 0. The predicted octanol–water partition coefficient (Wildman–Crippen LogP) is 5.77. The topological polar surface area (TPSA) is 74.5 Å². The number of ether oxygens (including phenoxy) is 2. The third-order valence-corrected chi connectivity index (χ3v) is 5.20. The predicted molar refractivity (Wildman–Crippen MR) is 131 cm³/mol. The lowest BCUT2D eigenvalue weighted by molar-refractivity contribution is -0.136. The molecule has 0 bridgehead atoms. The summed E-state index contributed by atoms with van der Waals surface area (Å²) < 4.78 is 16.9. The van der Waals surface area contributed by atoms with Crippen LogP contribution in [0.15, 0.2) is 83.5 Å². The van der Waals surface area contributed by atoms with Crippen molar-refractivity contribution in [3.63, 3.8) is 0 Å². The Morgan fingerprint density at radius 3 is 2.44 bits per heavy atom. The van der Waals surface area contributed by atoms with Gasteiger partial charge in [-0.2, -0.15) is 0 Å². The van der Waals surface area contributed by atoms with Crippen molar-refractivity contribution < 1.29 is 18.7 Å². The van der Waals surface area contributed by atoms with Crippen molar-refractivity contribution in [1.29, 1.82) is 0 Å². The van der Waals surface area contributed by atoms with E-state index >= 15 is 0 Å². The standard InChI is InChI=1S/C28H26N2O4/c1-3-32-28(31)25(22-13-16-29-17-14-22)19-21-9-11-24(12-10-21)33-18-15-26-20(2)34-27(30-26)23-7-5-4-6-8-23/h4-14,16-17,19H,3,15,18H2,1-2H3. The molecule has 2 heterocycles. The molecule has 0 unspecified atom stereocenters. The molecule has 0 aliphatic heterocycles. The first-order valence-corrected chi connectivity index (χ1v) is 11.2. The highest BCUT2D eigenvalue weighted by molar-refractivity contribution is 6.21. The van der Waals surface area contributed by atoms with Crippen LogP contribution in [0, 0.1) is 6.92 Å². The van der Waals surface area contributed by atoms with Crippen molar-refractivity contribution in [3.05, 3.63) is 102 Å². The van der Waals surface area contributed by atoms with E-state index in [1.165, 1.54) is 0 Å². The molecular weight excluding hydrogens is 428 g/mol. The van der Waals surface area contributed by atoms with Crippen LogP contribution in [0.25, 0.3) is 23.1 Å². The quantitative estimate of drug-likeness (QED) is 0.236. The maximum absolute atomic E-state index is 12.5. The van der Waals surface area contributed by atoms with Crippen LogP contribution in [0.4, 0.5) is 0 Å². The molecule has 4 rings (SSSR count). The Labute approximate surface area is 198 Å². The second kappa shape index (κ2) is 11.1. The fourth-order valence-corrected chi connectivity index (χ4v) is 3.46. The highest BCUT2D eigenvalue weighted by Gasteiger charge is 2.14. The smallest absolute Gasteiger partial charge is 0.338 e. The number of hydrogen-bond donors (Lipinski definition) is 0. The van der Waals surface area contributed by atoms with E-state index < -0.39 is 0 Å². The fourth-order valence-electron chi connectivity index (χ4n) is 3.46. The lowest BCUT2D eigenvalue weighted by Crippen LogP contribution is -2.07. The summed E-state index contributed by atoms with van der Waals surface area (Å²) in [5.41, 5.74) is 3.94. The van der Waals surface area contributed by atoms with E-state index in [9.17, 15) is 4.79 Å². The Kier molecular flexibility index (Phi) is 7.50. The van der Waals surface area contributed by atoms with Crippen molar-refractivity contribution in [3.8, 4) is 17.2 Å². The molecule has 2 aromatic heterocycles. The highest BCUT2D eigenvalue weighted by Crippen LogP contribution is 2.23. The number of aryl methyl sites for hydroxylation is 1. The van der Waals surface area contributed by atoms with Gasteiger partial charge in [-0.15, -0.1) is 0 Å². The highest BCUT2D eigenvalue weighted by atomic mass is 16.5. The van der Waals surface area contributed by atoms with Gasteiger partial charge in [0.2, 0.25) is 5.89 Å². The molecule has 0 spiro atoms. The van der Waals surface area contributed by atoms with E-state index in [1.807, 2.05) is 61.5 Å². The molecule has 0 fully saturated rings. The van der Waals surface area contributed by atoms with E-state index in [0.717, 1.165) is 33.9 Å². The molecule has 0 aliphatic rings. The first-order valence-electron chi connectivity index (χ1n) is 11.2. The summed E-state index contributed by atoms with van der Waals surface area (Å²) in [7, 11) is 0. The first-order chi connectivity index (χ1) is 16.6. The maximum Gasteiger partial charge on any atom is 0.338 e. The molecule has 0 amide bonds. The van der Waals surface area contributed by atoms with Crippen LogP contribution in [0.5, 0.6) is 5.75 Å². The van der Waals surface area contributed by atoms with Crippen LogP contribution in [-0.2, 0) is 16.0 Å². The maximum atomic E-state index is 12.5. The van der Waals surface area contributed by atoms with Crippen molar-refractivity contribution in [2.45, 2.75) is 20.3 Å². The Morgan fingerprint density at radius 1 is 1.00 bits per heavy atom. The van der Waals surface area contributed by atoms with Gasteiger partial charge in [0.25, 0.3) is 0 Å². The minimum absolute atomic E-state index is 0.311. The van der Waals surface area contributed by atoms with Gasteiger partial charge in [0.05, 0.1) is 24.5 Å². The molecule has 2 aromatic carbocycles. The number of benzene rings is 2. The summed E-state index contributed by atoms with van der Waals surface area (Å²) >= 11 is 0.